The zero-order chi connectivity index (χ0) is 20.2. The molecule has 0 saturated carbocycles. The summed E-state index contributed by atoms with van der Waals surface area (Å²) >= 11 is 3.55. The molecular weight excluding hydrogens is 441 g/mol. The van der Waals surface area contributed by atoms with Gasteiger partial charge in [-0.2, -0.15) is 0 Å². The number of nitrogens with two attached hydrogens (primary N) is 1. The molecule has 0 aliphatic carbocycles. The first kappa shape index (κ1) is 19.8. The van der Waals surface area contributed by atoms with Crippen LogP contribution in [0.2, 0.25) is 0 Å². The molecule has 1 fully saturated rings. The quantitative estimate of drug-likeness (QED) is 0.542. The van der Waals surface area contributed by atoms with E-state index in [-0.39, 0.29) is 0 Å². The van der Waals surface area contributed by atoms with Crippen molar-refractivity contribution in [2.75, 3.05) is 50.5 Å². The number of morpholine rings is 1. The maximum atomic E-state index is 14.2. The zero-order valence-electron chi connectivity index (χ0n) is 15.7. The van der Waals surface area contributed by atoms with Crippen molar-refractivity contribution in [3.05, 3.63) is 46.9 Å². The lowest BCUT2D eigenvalue weighted by molar-refractivity contribution is 0.0319. The van der Waals surface area contributed by atoms with Crippen molar-refractivity contribution < 1.29 is 13.9 Å². The summed E-state index contributed by atoms with van der Waals surface area (Å²) in [6.07, 6.45) is 3.33. The van der Waals surface area contributed by atoms with Crippen LogP contribution in [-0.4, -0.2) is 54.3 Å². The Morgan fingerprint density at radius 2 is 2.03 bits per heavy atom. The first-order valence-corrected chi connectivity index (χ1v) is 10.1. The van der Waals surface area contributed by atoms with Gasteiger partial charge in [-0.05, 0) is 40.2 Å². The van der Waals surface area contributed by atoms with Crippen molar-refractivity contribution in [1.29, 1.82) is 0 Å². The van der Waals surface area contributed by atoms with Crippen molar-refractivity contribution in [2.24, 2.45) is 0 Å². The number of benzene rings is 1. The summed E-state index contributed by atoms with van der Waals surface area (Å²) in [5, 5.41) is 3.83. The summed E-state index contributed by atoms with van der Waals surface area (Å²) in [4.78, 5) is 11.1. The van der Waals surface area contributed by atoms with Crippen LogP contribution in [0.1, 0.15) is 0 Å². The van der Waals surface area contributed by atoms with E-state index in [0.29, 0.717) is 39.5 Å². The second-order valence-corrected chi connectivity index (χ2v) is 7.46. The van der Waals surface area contributed by atoms with Gasteiger partial charge in [0.1, 0.15) is 16.9 Å². The zero-order valence-corrected chi connectivity index (χ0v) is 17.3. The average molecular weight is 462 g/mol. The van der Waals surface area contributed by atoms with Gasteiger partial charge in [0, 0.05) is 43.1 Å². The Hall–Kier alpha value is -2.49. The van der Waals surface area contributed by atoms with Crippen LogP contribution in [0.25, 0.3) is 10.9 Å². The van der Waals surface area contributed by atoms with Gasteiger partial charge in [-0.15, -0.1) is 0 Å². The van der Waals surface area contributed by atoms with Crippen LogP contribution in [0.4, 0.5) is 21.5 Å². The monoisotopic (exact) mass is 461 g/mol. The summed E-state index contributed by atoms with van der Waals surface area (Å²) in [5.41, 5.74) is 7.69. The summed E-state index contributed by atoms with van der Waals surface area (Å²) in [7, 11) is 0. The number of aromatic nitrogens is 2. The number of rotatable bonds is 6. The predicted molar refractivity (Wildman–Crippen MR) is 114 cm³/mol. The Labute approximate surface area is 176 Å². The van der Waals surface area contributed by atoms with Crippen molar-refractivity contribution in [3.8, 4) is 5.88 Å². The third-order valence-corrected chi connectivity index (χ3v) is 5.42. The van der Waals surface area contributed by atoms with Gasteiger partial charge in [0.05, 0.1) is 30.1 Å². The van der Waals surface area contributed by atoms with Gasteiger partial charge in [0.2, 0.25) is 5.88 Å². The molecule has 1 aliphatic heterocycles. The summed E-state index contributed by atoms with van der Waals surface area (Å²) in [6, 6.07) is 6.29. The molecule has 9 heteroatoms. The maximum Gasteiger partial charge on any atom is 0.230 e. The van der Waals surface area contributed by atoms with Gasteiger partial charge in [-0.25, -0.2) is 9.37 Å². The number of anilines is 3. The molecule has 29 heavy (non-hydrogen) atoms. The van der Waals surface area contributed by atoms with E-state index in [1.54, 1.807) is 30.6 Å². The summed E-state index contributed by atoms with van der Waals surface area (Å²) in [5.74, 6) is 0.0547. The molecule has 0 spiro atoms. The SMILES string of the molecule is Nc1ccc(Nc2ccnc3c(Br)c(OCCN4CCOCC4)ncc23)c(F)c1. The number of nitrogens with one attached hydrogen (secondary N) is 1. The fraction of sp³-hybridized carbons (Fsp3) is 0.300. The third-order valence-electron chi connectivity index (χ3n) is 4.71. The molecule has 152 valence electrons. The highest BCUT2D eigenvalue weighted by Crippen LogP contribution is 2.34. The van der Waals surface area contributed by atoms with E-state index >= 15 is 0 Å². The molecule has 7 nitrogen and oxygen atoms in total. The largest absolute Gasteiger partial charge is 0.475 e. The number of pyridine rings is 2. The first-order chi connectivity index (χ1) is 14.1. The van der Waals surface area contributed by atoms with E-state index in [9.17, 15) is 4.39 Å². The van der Waals surface area contributed by atoms with Gasteiger partial charge >= 0.3 is 0 Å². The minimum atomic E-state index is -0.426. The molecule has 3 heterocycles. The molecule has 1 saturated heterocycles. The van der Waals surface area contributed by atoms with Crippen molar-refractivity contribution in [3.63, 3.8) is 0 Å². The molecule has 0 amide bonds. The van der Waals surface area contributed by atoms with Crippen LogP contribution in [0, 0.1) is 5.82 Å². The standard InChI is InChI=1S/C20H21BrFN5O2/c21-18-19-14(12-25-20(18)29-10-7-27-5-8-28-9-6-27)16(3-4-24-19)26-17-2-1-13(23)11-15(17)22/h1-4,11-12H,5-10,23H2,(H,24,26). The van der Waals surface area contributed by atoms with Crippen molar-refractivity contribution in [2.45, 2.75) is 0 Å². The van der Waals surface area contributed by atoms with Crippen LogP contribution in [0.3, 0.4) is 0 Å². The fourth-order valence-electron chi connectivity index (χ4n) is 3.14. The van der Waals surface area contributed by atoms with Crippen LogP contribution >= 0.6 is 15.9 Å². The predicted octanol–water partition coefficient (Wildman–Crippen LogP) is 3.57. The lowest BCUT2D eigenvalue weighted by Crippen LogP contribution is -2.38. The Kier molecular flexibility index (Phi) is 6.08. The van der Waals surface area contributed by atoms with Crippen molar-refractivity contribution >= 4 is 43.9 Å². The molecule has 1 aromatic carbocycles. The number of hydrogen-bond donors (Lipinski definition) is 2. The topological polar surface area (TPSA) is 85.5 Å². The molecule has 1 aliphatic rings. The number of ether oxygens (including phenoxy) is 2. The fourth-order valence-corrected chi connectivity index (χ4v) is 3.68. The van der Waals surface area contributed by atoms with Gasteiger partial charge in [0.15, 0.2) is 0 Å². The lowest BCUT2D eigenvalue weighted by Gasteiger charge is -2.26. The van der Waals surface area contributed by atoms with Gasteiger partial charge in [0.25, 0.3) is 0 Å². The lowest BCUT2D eigenvalue weighted by atomic mass is 10.2. The van der Waals surface area contributed by atoms with E-state index in [0.717, 1.165) is 38.2 Å². The van der Waals surface area contributed by atoms with Crippen molar-refractivity contribution in [1.82, 2.24) is 14.9 Å². The van der Waals surface area contributed by atoms with E-state index in [2.05, 4.69) is 36.1 Å². The molecule has 0 unspecified atom stereocenters. The molecule has 3 N–H and O–H groups in total. The highest BCUT2D eigenvalue weighted by Gasteiger charge is 2.15. The van der Waals surface area contributed by atoms with E-state index in [1.807, 2.05) is 0 Å². The summed E-state index contributed by atoms with van der Waals surface area (Å²) in [6.45, 7) is 4.66. The molecule has 2 aromatic heterocycles. The highest BCUT2D eigenvalue weighted by molar-refractivity contribution is 9.10. The Morgan fingerprint density at radius 3 is 2.83 bits per heavy atom. The molecule has 3 aromatic rings. The number of nitrogens with zero attached hydrogens (tertiary/aromatic N) is 3. The van der Waals surface area contributed by atoms with E-state index in [1.165, 1.54) is 6.07 Å². The number of halogens is 2. The normalized spacial score (nSPS) is 14.8. The second-order valence-electron chi connectivity index (χ2n) is 6.66. The first-order valence-electron chi connectivity index (χ1n) is 9.30. The maximum absolute atomic E-state index is 14.2. The van der Waals surface area contributed by atoms with E-state index < -0.39 is 5.82 Å². The molecule has 0 radical (unpaired) electrons. The minimum absolute atomic E-state index is 0.327. The Bertz CT molecular complexity index is 1010. The summed E-state index contributed by atoms with van der Waals surface area (Å²) < 4.78 is 26.0. The second kappa shape index (κ2) is 8.89. The smallest absolute Gasteiger partial charge is 0.230 e. The molecule has 0 atom stereocenters. The minimum Gasteiger partial charge on any atom is -0.475 e. The average Bonchev–Trinajstić information content (AvgIpc) is 2.73. The van der Waals surface area contributed by atoms with Crippen LogP contribution in [0.5, 0.6) is 5.88 Å². The highest BCUT2D eigenvalue weighted by atomic mass is 79.9. The van der Waals surface area contributed by atoms with Crippen LogP contribution < -0.4 is 15.8 Å². The Morgan fingerprint density at radius 1 is 1.21 bits per heavy atom. The third kappa shape index (κ3) is 4.58. The number of hydrogen-bond acceptors (Lipinski definition) is 7. The van der Waals surface area contributed by atoms with Gasteiger partial charge < -0.3 is 20.5 Å². The number of fused-ring (bicyclic) bond motifs is 1. The molecular formula is C20H21BrFN5O2. The molecule has 0 bridgehead atoms. The Balaban J connectivity index is 1.52. The van der Waals surface area contributed by atoms with Gasteiger partial charge in [-0.1, -0.05) is 0 Å². The van der Waals surface area contributed by atoms with Gasteiger partial charge in [-0.3, -0.25) is 9.88 Å². The van der Waals surface area contributed by atoms with Crippen LogP contribution in [0.15, 0.2) is 41.1 Å². The van der Waals surface area contributed by atoms with Crippen LogP contribution in [-0.2, 0) is 4.74 Å². The number of nitrogen functional groups attached to an aromatic ring is 1. The molecule has 4 rings (SSSR count). The van der Waals surface area contributed by atoms with E-state index in [4.69, 9.17) is 15.2 Å².